The van der Waals surface area contributed by atoms with Crippen LogP contribution >= 0.6 is 11.6 Å². The summed E-state index contributed by atoms with van der Waals surface area (Å²) in [7, 11) is 0. The molecule has 0 aliphatic carbocycles. The second-order valence-electron chi connectivity index (χ2n) is 8.02. The topological polar surface area (TPSA) is 41.6 Å². The van der Waals surface area contributed by atoms with Crippen molar-refractivity contribution in [2.75, 3.05) is 11.9 Å². The first kappa shape index (κ1) is 19.9. The molecule has 3 atom stereocenters. The fraction of sp³-hybridized carbons (Fsp3) is 0.240. The van der Waals surface area contributed by atoms with E-state index >= 15 is 0 Å². The summed E-state index contributed by atoms with van der Waals surface area (Å²) in [6.45, 7) is 0.742. The van der Waals surface area contributed by atoms with Gasteiger partial charge in [-0.25, -0.2) is 9.18 Å². The number of hydrogen-bond acceptors (Lipinski definition) is 3. The van der Waals surface area contributed by atoms with E-state index in [1.54, 1.807) is 11.0 Å². The summed E-state index contributed by atoms with van der Waals surface area (Å²) in [6.07, 6.45) is 0.391. The number of fused-ring (bicyclic) bond motifs is 3. The third-order valence-electron chi connectivity index (χ3n) is 6.18. The molecule has 1 amide bonds. The molecule has 31 heavy (non-hydrogen) atoms. The monoisotopic (exact) mass is 436 g/mol. The minimum Gasteiger partial charge on any atom is -0.445 e. The Labute approximate surface area is 185 Å². The van der Waals surface area contributed by atoms with E-state index < -0.39 is 11.9 Å². The molecule has 0 spiro atoms. The van der Waals surface area contributed by atoms with Crippen LogP contribution in [0.5, 0.6) is 0 Å². The van der Waals surface area contributed by atoms with Gasteiger partial charge in [-0.3, -0.25) is 0 Å². The molecule has 3 aromatic carbocycles. The molecule has 2 aliphatic rings. The van der Waals surface area contributed by atoms with Gasteiger partial charge in [0.1, 0.15) is 12.4 Å². The van der Waals surface area contributed by atoms with Crippen molar-refractivity contribution in [3.8, 4) is 0 Å². The van der Waals surface area contributed by atoms with Crippen molar-refractivity contribution in [2.45, 2.75) is 25.1 Å². The number of ether oxygens (including phenoxy) is 1. The summed E-state index contributed by atoms with van der Waals surface area (Å²) < 4.78 is 20.5. The average Bonchev–Trinajstić information content (AvgIpc) is 3.24. The number of rotatable bonds is 3. The number of hydrogen-bond donors (Lipinski definition) is 1. The van der Waals surface area contributed by atoms with Crippen molar-refractivity contribution in [3.05, 3.63) is 100 Å². The van der Waals surface area contributed by atoms with Gasteiger partial charge in [-0.2, -0.15) is 0 Å². The molecule has 0 bridgehead atoms. The van der Waals surface area contributed by atoms with Crippen LogP contribution in [-0.2, 0) is 11.3 Å². The fourth-order valence-corrected chi connectivity index (χ4v) is 5.02. The molecule has 1 saturated heterocycles. The second-order valence-corrected chi connectivity index (χ2v) is 8.45. The first-order chi connectivity index (χ1) is 15.1. The van der Waals surface area contributed by atoms with E-state index in [0.29, 0.717) is 22.8 Å². The number of carbonyl (C=O) groups excluding carboxylic acids is 1. The number of anilines is 1. The zero-order chi connectivity index (χ0) is 21.4. The van der Waals surface area contributed by atoms with Gasteiger partial charge in [0.2, 0.25) is 0 Å². The quantitative estimate of drug-likeness (QED) is 0.520. The number of nitrogens with one attached hydrogen (secondary N) is 1. The van der Waals surface area contributed by atoms with Crippen LogP contribution in [-0.4, -0.2) is 17.5 Å². The summed E-state index contributed by atoms with van der Waals surface area (Å²) in [4.78, 5) is 14.8. The van der Waals surface area contributed by atoms with Crippen molar-refractivity contribution >= 4 is 23.4 Å². The van der Waals surface area contributed by atoms with Crippen LogP contribution in [0, 0.1) is 11.7 Å². The predicted octanol–water partition coefficient (Wildman–Crippen LogP) is 6.35. The average molecular weight is 437 g/mol. The third kappa shape index (κ3) is 3.74. The predicted molar refractivity (Wildman–Crippen MR) is 118 cm³/mol. The lowest BCUT2D eigenvalue weighted by Crippen LogP contribution is -2.38. The lowest BCUT2D eigenvalue weighted by molar-refractivity contribution is 0.0864. The molecule has 0 aromatic heterocycles. The highest BCUT2D eigenvalue weighted by Gasteiger charge is 2.47. The zero-order valence-corrected chi connectivity index (χ0v) is 17.6. The first-order valence-corrected chi connectivity index (χ1v) is 10.8. The number of halogens is 2. The Morgan fingerprint density at radius 3 is 2.55 bits per heavy atom. The van der Waals surface area contributed by atoms with Crippen molar-refractivity contribution in [1.29, 1.82) is 0 Å². The standard InChI is InChI=1S/C25H22ClFN2O2/c26-18-13-20-23(21(27)14-18)28-22(17-9-5-2-6-10-17)19-11-12-29(24(19)20)25(30)31-15-16-7-3-1-4-8-16/h1-10,13-14,19,22,24,28H,11-12,15H2. The maximum absolute atomic E-state index is 14.9. The molecular formula is C25H22ClFN2O2. The number of benzene rings is 3. The van der Waals surface area contributed by atoms with Crippen molar-refractivity contribution in [1.82, 2.24) is 4.90 Å². The second kappa shape index (κ2) is 8.23. The SMILES string of the molecule is O=C(OCc1ccccc1)N1CCC2C(c3ccccc3)Nc3c(F)cc(Cl)cc3C21. The van der Waals surface area contributed by atoms with E-state index in [9.17, 15) is 9.18 Å². The number of amides is 1. The lowest BCUT2D eigenvalue weighted by Gasteiger charge is -2.39. The molecule has 2 aliphatic heterocycles. The molecule has 5 rings (SSSR count). The van der Waals surface area contributed by atoms with Gasteiger partial charge in [0, 0.05) is 23.0 Å². The Hall–Kier alpha value is -3.05. The van der Waals surface area contributed by atoms with Crippen molar-refractivity contribution in [3.63, 3.8) is 0 Å². The van der Waals surface area contributed by atoms with Crippen LogP contribution in [0.4, 0.5) is 14.9 Å². The Kier molecular flexibility index (Phi) is 5.28. The first-order valence-electron chi connectivity index (χ1n) is 10.4. The van der Waals surface area contributed by atoms with Gasteiger partial charge >= 0.3 is 6.09 Å². The van der Waals surface area contributed by atoms with Crippen LogP contribution in [0.2, 0.25) is 5.02 Å². The molecule has 4 nitrogen and oxygen atoms in total. The summed E-state index contributed by atoms with van der Waals surface area (Å²) in [5.41, 5.74) is 3.10. The van der Waals surface area contributed by atoms with Crippen LogP contribution in [0.1, 0.15) is 35.2 Å². The number of likely N-dealkylation sites (tertiary alicyclic amines) is 1. The number of nitrogens with zero attached hydrogens (tertiary/aromatic N) is 1. The molecular weight excluding hydrogens is 415 g/mol. The van der Waals surface area contributed by atoms with Gasteiger partial charge in [0.25, 0.3) is 0 Å². The van der Waals surface area contributed by atoms with Crippen LogP contribution in [0.15, 0.2) is 72.8 Å². The highest BCUT2D eigenvalue weighted by molar-refractivity contribution is 6.30. The van der Waals surface area contributed by atoms with Gasteiger partial charge in [0.15, 0.2) is 0 Å². The van der Waals surface area contributed by atoms with E-state index in [-0.39, 0.29) is 24.6 Å². The zero-order valence-electron chi connectivity index (χ0n) is 16.8. The Morgan fingerprint density at radius 2 is 1.81 bits per heavy atom. The lowest BCUT2D eigenvalue weighted by atomic mass is 9.80. The molecule has 0 radical (unpaired) electrons. The summed E-state index contributed by atoms with van der Waals surface area (Å²) in [6, 6.07) is 22.2. The maximum Gasteiger partial charge on any atom is 0.410 e. The molecule has 158 valence electrons. The minimum absolute atomic E-state index is 0.0806. The van der Waals surface area contributed by atoms with E-state index in [1.807, 2.05) is 60.7 Å². The minimum atomic E-state index is -0.411. The van der Waals surface area contributed by atoms with Gasteiger partial charge in [-0.1, -0.05) is 72.3 Å². The molecule has 3 unspecified atom stereocenters. The van der Waals surface area contributed by atoms with Crippen LogP contribution in [0.25, 0.3) is 0 Å². The van der Waals surface area contributed by atoms with Gasteiger partial charge in [-0.05, 0) is 29.7 Å². The van der Waals surface area contributed by atoms with Crippen molar-refractivity contribution in [2.24, 2.45) is 5.92 Å². The summed E-state index contributed by atoms with van der Waals surface area (Å²) in [5.74, 6) is -0.330. The highest BCUT2D eigenvalue weighted by Crippen LogP contribution is 2.52. The molecule has 2 heterocycles. The maximum atomic E-state index is 14.9. The molecule has 6 heteroatoms. The normalized spacial score (nSPS) is 21.7. The Bertz CT molecular complexity index is 1090. The largest absolute Gasteiger partial charge is 0.445 e. The van der Waals surface area contributed by atoms with Gasteiger partial charge in [0.05, 0.1) is 17.8 Å². The van der Waals surface area contributed by atoms with E-state index in [1.165, 1.54) is 6.07 Å². The summed E-state index contributed by atoms with van der Waals surface area (Å²) in [5, 5.41) is 3.70. The van der Waals surface area contributed by atoms with E-state index in [0.717, 1.165) is 17.5 Å². The van der Waals surface area contributed by atoms with Crippen LogP contribution < -0.4 is 5.32 Å². The summed E-state index contributed by atoms with van der Waals surface area (Å²) >= 11 is 6.19. The number of carbonyl (C=O) groups is 1. The smallest absolute Gasteiger partial charge is 0.410 e. The van der Waals surface area contributed by atoms with Gasteiger partial charge < -0.3 is 15.0 Å². The highest BCUT2D eigenvalue weighted by atomic mass is 35.5. The van der Waals surface area contributed by atoms with E-state index in [4.69, 9.17) is 16.3 Å². The van der Waals surface area contributed by atoms with Crippen LogP contribution in [0.3, 0.4) is 0 Å². The Morgan fingerprint density at radius 1 is 1.10 bits per heavy atom. The fourth-order valence-electron chi connectivity index (χ4n) is 4.80. The third-order valence-corrected chi connectivity index (χ3v) is 6.39. The van der Waals surface area contributed by atoms with Crippen molar-refractivity contribution < 1.29 is 13.9 Å². The van der Waals surface area contributed by atoms with Gasteiger partial charge in [-0.15, -0.1) is 0 Å². The Balaban J connectivity index is 1.48. The van der Waals surface area contributed by atoms with E-state index in [2.05, 4.69) is 5.32 Å². The molecule has 3 aromatic rings. The molecule has 0 saturated carbocycles. The molecule has 1 fully saturated rings. The molecule has 1 N–H and O–H groups in total.